The van der Waals surface area contributed by atoms with Crippen molar-refractivity contribution in [2.45, 2.75) is 45.1 Å². The summed E-state index contributed by atoms with van der Waals surface area (Å²) >= 11 is 0. The average molecular weight is 242 g/mol. The molecule has 1 rings (SSSR count). The summed E-state index contributed by atoms with van der Waals surface area (Å²) in [5.74, 6) is -0.980. The maximum atomic E-state index is 12.0. The Morgan fingerprint density at radius 3 is 2.71 bits per heavy atom. The highest BCUT2D eigenvalue weighted by Gasteiger charge is 2.33. The van der Waals surface area contributed by atoms with Crippen LogP contribution in [0.4, 0.5) is 0 Å². The Morgan fingerprint density at radius 2 is 2.18 bits per heavy atom. The van der Waals surface area contributed by atoms with Crippen LogP contribution in [0.5, 0.6) is 0 Å². The minimum Gasteiger partial charge on any atom is -0.480 e. The summed E-state index contributed by atoms with van der Waals surface area (Å²) in [6.45, 7) is 2.41. The average Bonchev–Trinajstić information content (AvgIpc) is 2.76. The van der Waals surface area contributed by atoms with E-state index in [9.17, 15) is 9.59 Å². The summed E-state index contributed by atoms with van der Waals surface area (Å²) in [7, 11) is 0. The Balaban J connectivity index is 2.54. The van der Waals surface area contributed by atoms with Crippen molar-refractivity contribution < 1.29 is 14.7 Å². The molecule has 0 aromatic rings. The largest absolute Gasteiger partial charge is 0.480 e. The minimum absolute atomic E-state index is 0.0984. The zero-order valence-corrected chi connectivity index (χ0v) is 10.3. The first-order valence-electron chi connectivity index (χ1n) is 6.33. The quantitative estimate of drug-likeness (QED) is 0.640. The summed E-state index contributed by atoms with van der Waals surface area (Å²) in [6, 6.07) is -0.758. The van der Waals surface area contributed by atoms with Crippen LogP contribution in [0.1, 0.15) is 39.0 Å². The molecule has 0 bridgehead atoms. The van der Waals surface area contributed by atoms with Crippen LogP contribution in [0.3, 0.4) is 0 Å². The minimum atomic E-state index is -0.956. The van der Waals surface area contributed by atoms with E-state index in [0.29, 0.717) is 13.0 Å². The van der Waals surface area contributed by atoms with Gasteiger partial charge in [0, 0.05) is 5.92 Å². The molecule has 0 saturated heterocycles. The number of rotatable bonds is 6. The Labute approximate surface area is 102 Å². The zero-order chi connectivity index (χ0) is 12.8. The topological polar surface area (TPSA) is 92.4 Å². The highest BCUT2D eigenvalue weighted by molar-refractivity contribution is 5.85. The molecule has 4 N–H and O–H groups in total. The predicted molar refractivity (Wildman–Crippen MR) is 64.4 cm³/mol. The highest BCUT2D eigenvalue weighted by Crippen LogP contribution is 2.31. The second-order valence-electron chi connectivity index (χ2n) is 4.72. The van der Waals surface area contributed by atoms with Crippen molar-refractivity contribution in [2.75, 3.05) is 6.54 Å². The number of carboxylic acid groups (broad SMARTS) is 1. The lowest BCUT2D eigenvalue weighted by molar-refractivity contribution is -0.142. The van der Waals surface area contributed by atoms with E-state index >= 15 is 0 Å². The lowest BCUT2D eigenvalue weighted by atomic mass is 9.95. The van der Waals surface area contributed by atoms with Crippen molar-refractivity contribution in [3.05, 3.63) is 0 Å². The van der Waals surface area contributed by atoms with Crippen LogP contribution in [-0.4, -0.2) is 29.6 Å². The van der Waals surface area contributed by atoms with Gasteiger partial charge >= 0.3 is 5.97 Å². The van der Waals surface area contributed by atoms with Crippen molar-refractivity contribution in [2.24, 2.45) is 17.6 Å². The van der Waals surface area contributed by atoms with Gasteiger partial charge in [-0.1, -0.05) is 19.8 Å². The van der Waals surface area contributed by atoms with Gasteiger partial charge in [-0.2, -0.15) is 0 Å². The Kier molecular flexibility index (Phi) is 5.41. The molecule has 0 aromatic carbocycles. The fourth-order valence-corrected chi connectivity index (χ4v) is 2.49. The van der Waals surface area contributed by atoms with E-state index in [4.69, 9.17) is 10.8 Å². The summed E-state index contributed by atoms with van der Waals surface area (Å²) < 4.78 is 0. The van der Waals surface area contributed by atoms with Gasteiger partial charge in [-0.05, 0) is 31.7 Å². The number of carboxylic acids is 1. The molecule has 17 heavy (non-hydrogen) atoms. The van der Waals surface area contributed by atoms with Crippen molar-refractivity contribution in [1.29, 1.82) is 0 Å². The molecule has 0 spiro atoms. The van der Waals surface area contributed by atoms with Gasteiger partial charge in [0.05, 0.1) is 0 Å². The van der Waals surface area contributed by atoms with E-state index in [-0.39, 0.29) is 17.7 Å². The molecule has 98 valence electrons. The maximum absolute atomic E-state index is 12.0. The number of carbonyl (C=O) groups excluding carboxylic acids is 1. The molecule has 0 aliphatic heterocycles. The summed E-state index contributed by atoms with van der Waals surface area (Å²) in [5.41, 5.74) is 5.61. The van der Waals surface area contributed by atoms with Crippen LogP contribution in [-0.2, 0) is 9.59 Å². The number of aliphatic carboxylic acids is 1. The molecule has 0 heterocycles. The molecular weight excluding hydrogens is 220 g/mol. The van der Waals surface area contributed by atoms with Crippen LogP contribution in [0.2, 0.25) is 0 Å². The van der Waals surface area contributed by atoms with E-state index < -0.39 is 12.0 Å². The number of hydrogen-bond donors (Lipinski definition) is 3. The molecule has 1 fully saturated rings. The third-order valence-electron chi connectivity index (χ3n) is 3.49. The van der Waals surface area contributed by atoms with Gasteiger partial charge in [-0.3, -0.25) is 4.79 Å². The number of nitrogens with one attached hydrogen (secondary N) is 1. The normalized spacial score (nSPS) is 25.5. The van der Waals surface area contributed by atoms with E-state index in [1.54, 1.807) is 0 Å². The number of hydrogen-bond acceptors (Lipinski definition) is 3. The molecule has 3 atom stereocenters. The van der Waals surface area contributed by atoms with Gasteiger partial charge in [0.15, 0.2) is 0 Å². The SMILES string of the molecule is CCCC(NC(=O)C1CCCC1CN)C(=O)O. The van der Waals surface area contributed by atoms with Crippen LogP contribution >= 0.6 is 0 Å². The Hall–Kier alpha value is -1.10. The van der Waals surface area contributed by atoms with Crippen LogP contribution in [0.15, 0.2) is 0 Å². The molecule has 1 saturated carbocycles. The fourth-order valence-electron chi connectivity index (χ4n) is 2.49. The van der Waals surface area contributed by atoms with Gasteiger partial charge in [-0.25, -0.2) is 4.79 Å². The lowest BCUT2D eigenvalue weighted by Crippen LogP contribution is -2.45. The van der Waals surface area contributed by atoms with Gasteiger partial charge in [0.25, 0.3) is 0 Å². The van der Waals surface area contributed by atoms with E-state index in [0.717, 1.165) is 25.7 Å². The first-order chi connectivity index (χ1) is 8.10. The third-order valence-corrected chi connectivity index (χ3v) is 3.49. The first-order valence-corrected chi connectivity index (χ1v) is 6.33. The predicted octanol–water partition coefficient (Wildman–Crippen LogP) is 0.731. The first kappa shape index (κ1) is 14.0. The number of amides is 1. The molecule has 1 amide bonds. The lowest BCUT2D eigenvalue weighted by Gasteiger charge is -2.20. The zero-order valence-electron chi connectivity index (χ0n) is 10.3. The third kappa shape index (κ3) is 3.70. The smallest absolute Gasteiger partial charge is 0.326 e. The highest BCUT2D eigenvalue weighted by atomic mass is 16.4. The summed E-state index contributed by atoms with van der Waals surface area (Å²) in [4.78, 5) is 22.9. The number of carbonyl (C=O) groups is 2. The monoisotopic (exact) mass is 242 g/mol. The molecule has 0 radical (unpaired) electrons. The van der Waals surface area contributed by atoms with E-state index in [1.165, 1.54) is 0 Å². The van der Waals surface area contributed by atoms with Crippen LogP contribution < -0.4 is 11.1 Å². The van der Waals surface area contributed by atoms with Gasteiger partial charge in [-0.15, -0.1) is 0 Å². The van der Waals surface area contributed by atoms with Gasteiger partial charge in [0.2, 0.25) is 5.91 Å². The van der Waals surface area contributed by atoms with Gasteiger partial charge in [0.1, 0.15) is 6.04 Å². The van der Waals surface area contributed by atoms with Gasteiger partial charge < -0.3 is 16.2 Å². The molecule has 0 aromatic heterocycles. The van der Waals surface area contributed by atoms with Crippen molar-refractivity contribution in [3.63, 3.8) is 0 Å². The molecule has 5 nitrogen and oxygen atoms in total. The second-order valence-corrected chi connectivity index (χ2v) is 4.72. The molecule has 1 aliphatic carbocycles. The maximum Gasteiger partial charge on any atom is 0.326 e. The Morgan fingerprint density at radius 1 is 1.47 bits per heavy atom. The van der Waals surface area contributed by atoms with Crippen LogP contribution in [0.25, 0.3) is 0 Å². The van der Waals surface area contributed by atoms with E-state index in [2.05, 4.69) is 5.32 Å². The molecule has 5 heteroatoms. The molecule has 1 aliphatic rings. The fraction of sp³-hybridized carbons (Fsp3) is 0.833. The Bertz CT molecular complexity index is 281. The van der Waals surface area contributed by atoms with Crippen molar-refractivity contribution in [1.82, 2.24) is 5.32 Å². The summed E-state index contributed by atoms with van der Waals surface area (Å²) in [6.07, 6.45) is 4.01. The van der Waals surface area contributed by atoms with Crippen molar-refractivity contribution >= 4 is 11.9 Å². The molecule has 3 unspecified atom stereocenters. The van der Waals surface area contributed by atoms with Crippen LogP contribution in [0, 0.1) is 11.8 Å². The second kappa shape index (κ2) is 6.59. The molecular formula is C12H22N2O3. The van der Waals surface area contributed by atoms with E-state index in [1.807, 2.05) is 6.92 Å². The van der Waals surface area contributed by atoms with Crippen molar-refractivity contribution in [3.8, 4) is 0 Å². The standard InChI is InChI=1S/C12H22N2O3/c1-2-4-10(12(16)17)14-11(15)9-6-3-5-8(9)7-13/h8-10H,2-7,13H2,1H3,(H,14,15)(H,16,17). The number of nitrogens with two attached hydrogens (primary N) is 1. The summed E-state index contributed by atoms with van der Waals surface area (Å²) in [5, 5.41) is 11.6.